The number of carbonyl (C=O) groups excluding carboxylic acids is 2. The fraction of sp³-hybridized carbons (Fsp3) is 0.417. The third-order valence-corrected chi connectivity index (χ3v) is 7.60. The lowest BCUT2D eigenvalue weighted by atomic mass is 10.1. The Morgan fingerprint density at radius 2 is 1.76 bits per heavy atom. The molecular formula is C24H31N3O5S. The number of hydrogen-bond donors (Lipinski definition) is 1. The summed E-state index contributed by atoms with van der Waals surface area (Å²) in [5.41, 5.74) is 2.19. The Hall–Kier alpha value is -2.91. The van der Waals surface area contributed by atoms with E-state index in [-0.39, 0.29) is 29.6 Å². The number of carbonyl (C=O) groups is 2. The normalized spacial score (nSPS) is 13.9. The number of ether oxygens (including phenoxy) is 1. The number of likely N-dealkylation sites (N-methyl/N-ethyl adjacent to an activating group) is 1. The Morgan fingerprint density at radius 3 is 2.36 bits per heavy atom. The van der Waals surface area contributed by atoms with Crippen LogP contribution in [0.1, 0.15) is 30.9 Å². The van der Waals surface area contributed by atoms with Gasteiger partial charge in [-0.25, -0.2) is 8.42 Å². The van der Waals surface area contributed by atoms with Crippen molar-refractivity contribution in [3.05, 3.63) is 53.6 Å². The topological polar surface area (TPSA) is 96.0 Å². The van der Waals surface area contributed by atoms with Crippen molar-refractivity contribution in [2.75, 3.05) is 38.6 Å². The lowest BCUT2D eigenvalue weighted by Crippen LogP contribution is -2.38. The second-order valence-corrected chi connectivity index (χ2v) is 10.0. The average molecular weight is 474 g/mol. The van der Waals surface area contributed by atoms with Crippen molar-refractivity contribution in [1.29, 1.82) is 0 Å². The van der Waals surface area contributed by atoms with Crippen molar-refractivity contribution in [1.82, 2.24) is 9.21 Å². The second kappa shape index (κ2) is 10.8. The van der Waals surface area contributed by atoms with Gasteiger partial charge < -0.3 is 15.0 Å². The zero-order valence-electron chi connectivity index (χ0n) is 19.3. The Morgan fingerprint density at radius 1 is 1.09 bits per heavy atom. The monoisotopic (exact) mass is 473 g/mol. The van der Waals surface area contributed by atoms with E-state index in [0.29, 0.717) is 12.1 Å². The SMILES string of the molecule is CCN(CC(=O)Nc1ccc(CC(=O)N2CCCC2)cc1)S(=O)(=O)c1cc(C)ccc1OC. The highest BCUT2D eigenvalue weighted by molar-refractivity contribution is 7.89. The van der Waals surface area contributed by atoms with Crippen LogP contribution in [0.5, 0.6) is 5.75 Å². The maximum absolute atomic E-state index is 13.2. The molecule has 1 N–H and O–H groups in total. The summed E-state index contributed by atoms with van der Waals surface area (Å²) in [6.45, 7) is 4.91. The molecule has 9 heteroatoms. The molecule has 3 rings (SSSR count). The average Bonchev–Trinajstić information content (AvgIpc) is 3.34. The van der Waals surface area contributed by atoms with E-state index in [1.165, 1.54) is 13.2 Å². The van der Waals surface area contributed by atoms with E-state index in [4.69, 9.17) is 4.74 Å². The minimum atomic E-state index is -3.93. The fourth-order valence-electron chi connectivity index (χ4n) is 3.81. The number of nitrogens with one attached hydrogen (secondary N) is 1. The van der Waals surface area contributed by atoms with Gasteiger partial charge in [0.15, 0.2) is 0 Å². The first-order valence-corrected chi connectivity index (χ1v) is 12.5. The first kappa shape index (κ1) is 24.7. The van der Waals surface area contributed by atoms with Crippen LogP contribution >= 0.6 is 0 Å². The number of benzene rings is 2. The lowest BCUT2D eigenvalue weighted by Gasteiger charge is -2.21. The molecule has 0 atom stereocenters. The van der Waals surface area contributed by atoms with Crippen LogP contribution in [-0.2, 0) is 26.0 Å². The molecule has 2 aromatic rings. The van der Waals surface area contributed by atoms with Crippen molar-refractivity contribution in [3.8, 4) is 5.75 Å². The van der Waals surface area contributed by atoms with Crippen LogP contribution in [0.25, 0.3) is 0 Å². The van der Waals surface area contributed by atoms with Gasteiger partial charge in [0.2, 0.25) is 21.8 Å². The summed E-state index contributed by atoms with van der Waals surface area (Å²) < 4.78 is 32.7. The number of nitrogens with zero attached hydrogens (tertiary/aromatic N) is 2. The van der Waals surface area contributed by atoms with Crippen molar-refractivity contribution in [2.24, 2.45) is 0 Å². The zero-order chi connectivity index (χ0) is 24.0. The molecule has 1 heterocycles. The molecule has 0 aliphatic carbocycles. The summed E-state index contributed by atoms with van der Waals surface area (Å²) in [4.78, 5) is 26.8. The predicted octanol–water partition coefficient (Wildman–Crippen LogP) is 2.82. The Kier molecular flexibility index (Phi) is 8.10. The van der Waals surface area contributed by atoms with Crippen molar-refractivity contribution >= 4 is 27.5 Å². The van der Waals surface area contributed by atoms with Gasteiger partial charge >= 0.3 is 0 Å². The van der Waals surface area contributed by atoms with E-state index in [1.807, 2.05) is 4.90 Å². The van der Waals surface area contributed by atoms with E-state index >= 15 is 0 Å². The van der Waals surface area contributed by atoms with E-state index in [2.05, 4.69) is 5.32 Å². The van der Waals surface area contributed by atoms with Gasteiger partial charge in [0.05, 0.1) is 20.1 Å². The molecule has 0 bridgehead atoms. The van der Waals surface area contributed by atoms with E-state index in [0.717, 1.165) is 41.4 Å². The van der Waals surface area contributed by atoms with Gasteiger partial charge in [-0.2, -0.15) is 4.31 Å². The molecule has 1 fully saturated rings. The number of rotatable bonds is 9. The summed E-state index contributed by atoms with van der Waals surface area (Å²) in [7, 11) is -2.52. The molecule has 0 spiro atoms. The minimum Gasteiger partial charge on any atom is -0.495 e. The summed E-state index contributed by atoms with van der Waals surface area (Å²) in [5.74, 6) is -0.105. The number of amides is 2. The molecule has 8 nitrogen and oxygen atoms in total. The van der Waals surface area contributed by atoms with Crippen LogP contribution < -0.4 is 10.1 Å². The number of sulfonamides is 1. The van der Waals surface area contributed by atoms with Gasteiger partial charge in [-0.3, -0.25) is 9.59 Å². The Balaban J connectivity index is 1.64. The molecule has 1 aliphatic heterocycles. The van der Waals surface area contributed by atoms with Gasteiger partial charge in [-0.05, 0) is 55.2 Å². The van der Waals surface area contributed by atoms with Gasteiger partial charge in [0, 0.05) is 25.3 Å². The van der Waals surface area contributed by atoms with Crippen LogP contribution in [0.15, 0.2) is 47.4 Å². The predicted molar refractivity (Wildman–Crippen MR) is 127 cm³/mol. The van der Waals surface area contributed by atoms with E-state index in [9.17, 15) is 18.0 Å². The highest BCUT2D eigenvalue weighted by atomic mass is 32.2. The van der Waals surface area contributed by atoms with Crippen LogP contribution in [0, 0.1) is 6.92 Å². The van der Waals surface area contributed by atoms with Crippen LogP contribution in [0.2, 0.25) is 0 Å². The molecule has 0 radical (unpaired) electrons. The molecule has 2 amide bonds. The summed E-state index contributed by atoms with van der Waals surface area (Å²) in [5, 5.41) is 2.73. The third kappa shape index (κ3) is 6.11. The number of methoxy groups -OCH3 is 1. The summed E-state index contributed by atoms with van der Waals surface area (Å²) >= 11 is 0. The van der Waals surface area contributed by atoms with Gasteiger partial charge in [0.25, 0.3) is 0 Å². The van der Waals surface area contributed by atoms with Gasteiger partial charge in [-0.1, -0.05) is 25.1 Å². The molecule has 0 unspecified atom stereocenters. The van der Waals surface area contributed by atoms with Crippen LogP contribution in [0.3, 0.4) is 0 Å². The van der Waals surface area contributed by atoms with Crippen LogP contribution in [-0.4, -0.2) is 62.7 Å². The van der Waals surface area contributed by atoms with Crippen molar-refractivity contribution in [2.45, 2.75) is 38.0 Å². The summed E-state index contributed by atoms with van der Waals surface area (Å²) in [6.07, 6.45) is 2.43. The second-order valence-electron chi connectivity index (χ2n) is 8.10. The highest BCUT2D eigenvalue weighted by Crippen LogP contribution is 2.27. The quantitative estimate of drug-likeness (QED) is 0.604. The Bertz CT molecular complexity index is 1090. The number of hydrogen-bond acceptors (Lipinski definition) is 5. The Labute approximate surface area is 195 Å². The third-order valence-electron chi connectivity index (χ3n) is 5.66. The number of aryl methyl sites for hydroxylation is 1. The first-order chi connectivity index (χ1) is 15.7. The van der Waals surface area contributed by atoms with Gasteiger partial charge in [0.1, 0.15) is 10.6 Å². The number of likely N-dealkylation sites (tertiary alicyclic amines) is 1. The molecule has 0 aromatic heterocycles. The smallest absolute Gasteiger partial charge is 0.247 e. The molecule has 33 heavy (non-hydrogen) atoms. The number of anilines is 1. The highest BCUT2D eigenvalue weighted by Gasteiger charge is 2.28. The van der Waals surface area contributed by atoms with Crippen LogP contribution in [0.4, 0.5) is 5.69 Å². The van der Waals surface area contributed by atoms with E-state index in [1.54, 1.807) is 50.2 Å². The van der Waals surface area contributed by atoms with Gasteiger partial charge in [-0.15, -0.1) is 0 Å². The van der Waals surface area contributed by atoms with Crippen molar-refractivity contribution < 1.29 is 22.7 Å². The zero-order valence-corrected chi connectivity index (χ0v) is 20.2. The maximum atomic E-state index is 13.2. The molecule has 1 saturated heterocycles. The minimum absolute atomic E-state index is 0.0340. The fourth-order valence-corrected chi connectivity index (χ4v) is 5.46. The molecule has 2 aromatic carbocycles. The standard InChI is InChI=1S/C24H31N3O5S/c1-4-27(33(30,31)22-15-18(2)7-12-21(22)32-3)17-23(28)25-20-10-8-19(9-11-20)16-24(29)26-13-5-6-14-26/h7-12,15H,4-6,13-14,16-17H2,1-3H3,(H,25,28). The molecule has 0 saturated carbocycles. The van der Waals surface area contributed by atoms with E-state index < -0.39 is 15.9 Å². The largest absolute Gasteiger partial charge is 0.495 e. The first-order valence-electron chi connectivity index (χ1n) is 11.1. The van der Waals surface area contributed by atoms with Crippen molar-refractivity contribution in [3.63, 3.8) is 0 Å². The molecule has 178 valence electrons. The lowest BCUT2D eigenvalue weighted by molar-refractivity contribution is -0.129. The molecule has 1 aliphatic rings. The maximum Gasteiger partial charge on any atom is 0.247 e. The molecular weight excluding hydrogens is 442 g/mol. The summed E-state index contributed by atoms with van der Waals surface area (Å²) in [6, 6.07) is 12.0.